The van der Waals surface area contributed by atoms with Gasteiger partial charge in [0.25, 0.3) is 0 Å². The lowest BCUT2D eigenvalue weighted by molar-refractivity contribution is 0.0590. The van der Waals surface area contributed by atoms with Gasteiger partial charge in [-0.15, -0.1) is 4.99 Å². The van der Waals surface area contributed by atoms with Crippen LogP contribution in [0.2, 0.25) is 0 Å². The number of nitriles is 1. The first-order valence-corrected chi connectivity index (χ1v) is 11.6. The van der Waals surface area contributed by atoms with Crippen molar-refractivity contribution in [2.45, 2.75) is 13.5 Å². The quantitative estimate of drug-likeness (QED) is 0.393. The third kappa shape index (κ3) is 6.44. The molecule has 0 spiro atoms. The molecule has 10 nitrogen and oxygen atoms in total. The van der Waals surface area contributed by atoms with Gasteiger partial charge in [-0.25, -0.2) is 9.18 Å². The van der Waals surface area contributed by atoms with Crippen LogP contribution >= 0.6 is 0 Å². The highest BCUT2D eigenvalue weighted by Crippen LogP contribution is 2.21. The third-order valence-corrected chi connectivity index (χ3v) is 5.99. The number of morpholine rings is 1. The number of aliphatic imine (C=N–C) groups is 1. The van der Waals surface area contributed by atoms with Crippen molar-refractivity contribution in [1.82, 2.24) is 19.7 Å². The van der Waals surface area contributed by atoms with Crippen molar-refractivity contribution in [2.24, 2.45) is 4.99 Å². The maximum absolute atomic E-state index is 15.2. The van der Waals surface area contributed by atoms with Crippen molar-refractivity contribution in [3.8, 4) is 6.19 Å². The standard InChI is InChI=1S/C24H29FN8O2/c1-18-5-6-20(15-27-18)29-23(34)30-21-4-2-3-19(22(21)25)16-31-7-9-32(10-8-31)24(28-17-26)33-11-13-35-14-12-33/h2-6,15H,7-14,16H2,1H3,(H2,29,30,34). The summed E-state index contributed by atoms with van der Waals surface area (Å²) >= 11 is 0. The second-order valence-electron chi connectivity index (χ2n) is 8.42. The fourth-order valence-corrected chi connectivity index (χ4v) is 4.12. The molecule has 2 fully saturated rings. The molecule has 3 heterocycles. The van der Waals surface area contributed by atoms with Crippen LogP contribution in [0.5, 0.6) is 0 Å². The highest BCUT2D eigenvalue weighted by molar-refractivity contribution is 5.99. The van der Waals surface area contributed by atoms with Gasteiger partial charge in [-0.05, 0) is 25.1 Å². The average molecular weight is 481 g/mol. The zero-order valence-corrected chi connectivity index (χ0v) is 19.7. The molecule has 2 aromatic rings. The number of urea groups is 1. The second kappa shape index (κ2) is 11.6. The number of carbonyl (C=O) groups excluding carboxylic acids is 1. The number of nitrogens with one attached hydrogen (secondary N) is 2. The summed E-state index contributed by atoms with van der Waals surface area (Å²) in [5, 5.41) is 14.4. The molecular formula is C24H29FN8O2. The molecule has 2 saturated heterocycles. The SMILES string of the molecule is Cc1ccc(NC(=O)Nc2cccc(CN3CCN(C(=NC#N)N4CCOCC4)CC3)c2F)cn1. The Morgan fingerprint density at radius 3 is 2.54 bits per heavy atom. The van der Waals surface area contributed by atoms with Gasteiger partial charge in [0.2, 0.25) is 12.2 Å². The van der Waals surface area contributed by atoms with Gasteiger partial charge in [0, 0.05) is 57.1 Å². The van der Waals surface area contributed by atoms with Gasteiger partial charge in [0.05, 0.1) is 30.8 Å². The number of benzene rings is 1. The number of pyridine rings is 1. The number of carbonyl (C=O) groups is 1. The van der Waals surface area contributed by atoms with E-state index in [1.165, 1.54) is 6.07 Å². The van der Waals surface area contributed by atoms with Gasteiger partial charge in [-0.3, -0.25) is 9.88 Å². The molecule has 1 aromatic heterocycles. The number of amides is 2. The molecule has 35 heavy (non-hydrogen) atoms. The summed E-state index contributed by atoms with van der Waals surface area (Å²) in [4.78, 5) is 26.8. The predicted octanol–water partition coefficient (Wildman–Crippen LogP) is 2.46. The zero-order chi connectivity index (χ0) is 24.6. The number of piperazine rings is 1. The number of rotatable bonds is 4. The number of nitrogens with zero attached hydrogens (tertiary/aromatic N) is 6. The minimum absolute atomic E-state index is 0.120. The van der Waals surface area contributed by atoms with Gasteiger partial charge in [-0.1, -0.05) is 12.1 Å². The van der Waals surface area contributed by atoms with E-state index < -0.39 is 11.8 Å². The summed E-state index contributed by atoms with van der Waals surface area (Å²) < 4.78 is 20.6. The number of ether oxygens (including phenoxy) is 1. The van der Waals surface area contributed by atoms with Crippen LogP contribution in [0.1, 0.15) is 11.3 Å². The summed E-state index contributed by atoms with van der Waals surface area (Å²) in [6.45, 7) is 7.70. The lowest BCUT2D eigenvalue weighted by Gasteiger charge is -2.40. The van der Waals surface area contributed by atoms with Gasteiger partial charge in [0.1, 0.15) is 0 Å². The molecule has 0 unspecified atom stereocenters. The Balaban J connectivity index is 1.33. The largest absolute Gasteiger partial charge is 0.378 e. The predicted molar refractivity (Wildman–Crippen MR) is 130 cm³/mol. The molecule has 2 aliphatic rings. The number of guanidine groups is 1. The van der Waals surface area contributed by atoms with Crippen molar-refractivity contribution in [3.05, 3.63) is 53.6 Å². The highest BCUT2D eigenvalue weighted by Gasteiger charge is 2.26. The van der Waals surface area contributed by atoms with E-state index in [0.717, 1.165) is 5.69 Å². The summed E-state index contributed by atoms with van der Waals surface area (Å²) in [6.07, 6.45) is 3.47. The van der Waals surface area contributed by atoms with Crippen molar-refractivity contribution in [2.75, 3.05) is 63.1 Å². The Labute approximate surface area is 204 Å². The van der Waals surface area contributed by atoms with Crippen LogP contribution in [0.15, 0.2) is 41.5 Å². The highest BCUT2D eigenvalue weighted by atomic mass is 19.1. The smallest absolute Gasteiger partial charge is 0.323 e. The first-order valence-electron chi connectivity index (χ1n) is 11.6. The molecule has 11 heteroatoms. The Bertz CT molecular complexity index is 1090. The summed E-state index contributed by atoms with van der Waals surface area (Å²) in [5.41, 5.74) is 1.99. The van der Waals surface area contributed by atoms with Gasteiger partial charge in [0.15, 0.2) is 5.82 Å². The molecule has 4 rings (SSSR count). The molecule has 0 radical (unpaired) electrons. The Hall–Kier alpha value is -3.75. The number of halogens is 1. The third-order valence-electron chi connectivity index (χ3n) is 5.99. The molecule has 0 bridgehead atoms. The normalized spacial score (nSPS) is 17.1. The van der Waals surface area contributed by atoms with Crippen molar-refractivity contribution < 1.29 is 13.9 Å². The second-order valence-corrected chi connectivity index (χ2v) is 8.42. The van der Waals surface area contributed by atoms with Gasteiger partial charge in [-0.2, -0.15) is 5.26 Å². The molecule has 2 N–H and O–H groups in total. The van der Waals surface area contributed by atoms with Gasteiger partial charge >= 0.3 is 6.03 Å². The molecule has 2 aliphatic heterocycles. The van der Waals surface area contributed by atoms with Crippen LogP contribution < -0.4 is 10.6 Å². The Morgan fingerprint density at radius 1 is 1.11 bits per heavy atom. The molecule has 1 aromatic carbocycles. The minimum atomic E-state index is -0.535. The minimum Gasteiger partial charge on any atom is -0.378 e. The first kappa shape index (κ1) is 24.4. The zero-order valence-electron chi connectivity index (χ0n) is 19.7. The lowest BCUT2D eigenvalue weighted by atomic mass is 10.1. The Kier molecular flexibility index (Phi) is 8.07. The summed E-state index contributed by atoms with van der Waals surface area (Å²) in [6, 6.07) is 7.98. The average Bonchev–Trinajstić information content (AvgIpc) is 2.87. The topological polar surface area (TPSA) is 109 Å². The van der Waals surface area contributed by atoms with Crippen LogP contribution in [0.3, 0.4) is 0 Å². The maximum atomic E-state index is 15.2. The molecule has 0 atom stereocenters. The van der Waals surface area contributed by atoms with Crippen LogP contribution in [0.25, 0.3) is 0 Å². The number of hydrogen-bond acceptors (Lipinski definition) is 6. The van der Waals surface area contributed by atoms with Crippen molar-refractivity contribution in [1.29, 1.82) is 5.26 Å². The number of hydrogen-bond donors (Lipinski definition) is 2. The summed E-state index contributed by atoms with van der Waals surface area (Å²) in [5.74, 6) is 0.231. The van der Waals surface area contributed by atoms with Crippen LogP contribution in [-0.2, 0) is 11.3 Å². The van der Waals surface area contributed by atoms with E-state index >= 15 is 4.39 Å². The van der Waals surface area contributed by atoms with E-state index in [9.17, 15) is 4.79 Å². The summed E-state index contributed by atoms with van der Waals surface area (Å²) in [7, 11) is 0. The van der Waals surface area contributed by atoms with E-state index in [1.54, 1.807) is 30.5 Å². The molecule has 0 aliphatic carbocycles. The van der Waals surface area contributed by atoms with E-state index in [1.807, 2.05) is 13.1 Å². The molecule has 0 saturated carbocycles. The fraction of sp³-hybridized carbons (Fsp3) is 0.417. The molecular weight excluding hydrogens is 451 g/mol. The number of aromatic nitrogens is 1. The molecule has 2 amide bonds. The van der Waals surface area contributed by atoms with Gasteiger partial charge < -0.3 is 25.2 Å². The van der Waals surface area contributed by atoms with Crippen molar-refractivity contribution in [3.63, 3.8) is 0 Å². The monoisotopic (exact) mass is 480 g/mol. The van der Waals surface area contributed by atoms with E-state index in [4.69, 9.17) is 10.00 Å². The number of aryl methyl sites for hydroxylation is 1. The molecule has 184 valence electrons. The number of anilines is 2. The Morgan fingerprint density at radius 2 is 1.86 bits per heavy atom. The van der Waals surface area contributed by atoms with Crippen LogP contribution in [-0.4, -0.2) is 84.2 Å². The first-order chi connectivity index (χ1) is 17.0. The van der Waals surface area contributed by atoms with Crippen LogP contribution in [0.4, 0.5) is 20.6 Å². The fourth-order valence-electron chi connectivity index (χ4n) is 4.12. The maximum Gasteiger partial charge on any atom is 0.323 e. The van der Waals surface area contributed by atoms with E-state index in [2.05, 4.69) is 35.3 Å². The van der Waals surface area contributed by atoms with Crippen LogP contribution in [0, 0.1) is 24.2 Å². The van der Waals surface area contributed by atoms with E-state index in [0.29, 0.717) is 76.2 Å². The van der Waals surface area contributed by atoms with E-state index in [-0.39, 0.29) is 5.69 Å². The lowest BCUT2D eigenvalue weighted by Crippen LogP contribution is -2.55. The van der Waals surface area contributed by atoms with Crippen molar-refractivity contribution >= 4 is 23.4 Å².